The summed E-state index contributed by atoms with van der Waals surface area (Å²) in [7, 11) is 1.90. The number of hydrogen-bond acceptors (Lipinski definition) is 3. The number of halogens is 1. The zero-order valence-electron chi connectivity index (χ0n) is 8.33. The van der Waals surface area contributed by atoms with E-state index in [1.54, 1.807) is 4.68 Å². The van der Waals surface area contributed by atoms with Gasteiger partial charge in [0.1, 0.15) is 0 Å². The molecular formula is C9H15BrN4. The Kier molecular flexibility index (Phi) is 2.62. The van der Waals surface area contributed by atoms with Crippen LogP contribution in [0.5, 0.6) is 0 Å². The Balaban J connectivity index is 2.36. The Hall–Kier alpha value is -0.420. The Morgan fingerprint density at radius 2 is 2.00 bits per heavy atom. The van der Waals surface area contributed by atoms with Gasteiger partial charge in [0.05, 0.1) is 11.2 Å². The van der Waals surface area contributed by atoms with Gasteiger partial charge < -0.3 is 5.73 Å². The number of nitrogens with two attached hydrogens (primary N) is 1. The molecular weight excluding hydrogens is 244 g/mol. The van der Waals surface area contributed by atoms with Gasteiger partial charge in [-0.1, -0.05) is 24.5 Å². The quantitative estimate of drug-likeness (QED) is 0.835. The fraction of sp³-hybridized carbons (Fsp3) is 0.778. The second-order valence-corrected chi connectivity index (χ2v) is 4.82. The van der Waals surface area contributed by atoms with Gasteiger partial charge in [0.15, 0.2) is 4.60 Å². The topological polar surface area (TPSA) is 56.7 Å². The van der Waals surface area contributed by atoms with Crippen LogP contribution in [0.3, 0.4) is 0 Å². The lowest BCUT2D eigenvalue weighted by atomic mass is 9.80. The van der Waals surface area contributed by atoms with E-state index in [2.05, 4.69) is 26.2 Å². The van der Waals surface area contributed by atoms with E-state index >= 15 is 0 Å². The minimum atomic E-state index is -0.227. The number of aromatic nitrogens is 3. The van der Waals surface area contributed by atoms with Crippen molar-refractivity contribution in [1.82, 2.24) is 15.0 Å². The van der Waals surface area contributed by atoms with Gasteiger partial charge in [-0.2, -0.15) is 0 Å². The van der Waals surface area contributed by atoms with E-state index in [-0.39, 0.29) is 5.54 Å². The summed E-state index contributed by atoms with van der Waals surface area (Å²) in [5.41, 5.74) is 7.21. The standard InChI is InChI=1S/C9H15BrN4/c1-14-7(8(10)12-13-14)9(11)5-3-2-4-6-9/h2-6,11H2,1H3. The first-order valence-electron chi connectivity index (χ1n) is 4.98. The average Bonchev–Trinajstić information content (AvgIpc) is 2.48. The summed E-state index contributed by atoms with van der Waals surface area (Å²) in [5, 5.41) is 7.96. The fourth-order valence-corrected chi connectivity index (χ4v) is 3.00. The molecule has 0 aliphatic heterocycles. The number of aryl methyl sites for hydroxylation is 1. The molecule has 14 heavy (non-hydrogen) atoms. The van der Waals surface area contributed by atoms with E-state index in [0.717, 1.165) is 23.1 Å². The summed E-state index contributed by atoms with van der Waals surface area (Å²) < 4.78 is 2.58. The van der Waals surface area contributed by atoms with Crippen molar-refractivity contribution in [3.63, 3.8) is 0 Å². The lowest BCUT2D eigenvalue weighted by molar-refractivity contribution is 0.284. The molecule has 5 heteroatoms. The smallest absolute Gasteiger partial charge is 0.153 e. The highest BCUT2D eigenvalue weighted by Gasteiger charge is 2.34. The van der Waals surface area contributed by atoms with Crippen molar-refractivity contribution in [1.29, 1.82) is 0 Å². The predicted octanol–water partition coefficient (Wildman–Crippen LogP) is 1.70. The van der Waals surface area contributed by atoms with Gasteiger partial charge in [0.2, 0.25) is 0 Å². The maximum Gasteiger partial charge on any atom is 0.153 e. The zero-order valence-corrected chi connectivity index (χ0v) is 9.92. The van der Waals surface area contributed by atoms with Crippen LogP contribution < -0.4 is 5.73 Å². The molecule has 0 saturated heterocycles. The van der Waals surface area contributed by atoms with E-state index < -0.39 is 0 Å². The Morgan fingerprint density at radius 3 is 2.50 bits per heavy atom. The molecule has 0 atom stereocenters. The molecule has 0 unspecified atom stereocenters. The molecule has 1 aliphatic rings. The lowest BCUT2D eigenvalue weighted by Gasteiger charge is -2.33. The maximum absolute atomic E-state index is 6.40. The molecule has 1 aromatic rings. The molecule has 0 radical (unpaired) electrons. The van der Waals surface area contributed by atoms with Crippen LogP contribution in [0.2, 0.25) is 0 Å². The molecule has 4 nitrogen and oxygen atoms in total. The van der Waals surface area contributed by atoms with Crippen LogP contribution in [-0.4, -0.2) is 15.0 Å². The summed E-state index contributed by atoms with van der Waals surface area (Å²) in [4.78, 5) is 0. The van der Waals surface area contributed by atoms with E-state index in [9.17, 15) is 0 Å². The van der Waals surface area contributed by atoms with E-state index in [1.807, 2.05) is 7.05 Å². The normalized spacial score (nSPS) is 21.1. The van der Waals surface area contributed by atoms with Gasteiger partial charge in [-0.3, -0.25) is 0 Å². The molecule has 1 heterocycles. The highest BCUT2D eigenvalue weighted by molar-refractivity contribution is 9.10. The Bertz CT molecular complexity index is 308. The van der Waals surface area contributed by atoms with Crippen molar-refractivity contribution in [2.75, 3.05) is 0 Å². The lowest BCUT2D eigenvalue weighted by Crippen LogP contribution is -2.40. The van der Waals surface area contributed by atoms with Gasteiger partial charge in [0.25, 0.3) is 0 Å². The van der Waals surface area contributed by atoms with Crippen molar-refractivity contribution in [2.24, 2.45) is 12.8 Å². The third kappa shape index (κ3) is 1.59. The molecule has 0 aromatic carbocycles. The molecule has 1 aromatic heterocycles. The molecule has 1 saturated carbocycles. The first kappa shape index (κ1) is 10.1. The number of nitrogens with zero attached hydrogens (tertiary/aromatic N) is 3. The molecule has 1 aliphatic carbocycles. The third-order valence-electron chi connectivity index (χ3n) is 3.00. The Morgan fingerprint density at radius 1 is 1.36 bits per heavy atom. The summed E-state index contributed by atoms with van der Waals surface area (Å²) in [6.45, 7) is 0. The number of rotatable bonds is 1. The molecule has 2 N–H and O–H groups in total. The SMILES string of the molecule is Cn1nnc(Br)c1C1(N)CCCCC1. The molecule has 2 rings (SSSR count). The monoisotopic (exact) mass is 258 g/mol. The van der Waals surface area contributed by atoms with Crippen LogP contribution in [0.4, 0.5) is 0 Å². The molecule has 0 bridgehead atoms. The number of hydrogen-bond donors (Lipinski definition) is 1. The van der Waals surface area contributed by atoms with Gasteiger partial charge in [0, 0.05) is 7.05 Å². The predicted molar refractivity (Wildman–Crippen MR) is 57.7 cm³/mol. The van der Waals surface area contributed by atoms with Crippen LogP contribution in [0, 0.1) is 0 Å². The van der Waals surface area contributed by atoms with Crippen molar-refractivity contribution >= 4 is 15.9 Å². The van der Waals surface area contributed by atoms with Crippen molar-refractivity contribution in [2.45, 2.75) is 37.6 Å². The highest BCUT2D eigenvalue weighted by atomic mass is 79.9. The van der Waals surface area contributed by atoms with Gasteiger partial charge >= 0.3 is 0 Å². The van der Waals surface area contributed by atoms with E-state index in [0.29, 0.717) is 0 Å². The van der Waals surface area contributed by atoms with Gasteiger partial charge in [-0.25, -0.2) is 4.68 Å². The van der Waals surface area contributed by atoms with Crippen LogP contribution in [0.25, 0.3) is 0 Å². The fourth-order valence-electron chi connectivity index (χ4n) is 2.28. The average molecular weight is 259 g/mol. The molecule has 78 valence electrons. The third-order valence-corrected chi connectivity index (χ3v) is 3.54. The van der Waals surface area contributed by atoms with Crippen molar-refractivity contribution in [3.05, 3.63) is 10.3 Å². The second kappa shape index (κ2) is 3.62. The zero-order chi connectivity index (χ0) is 10.2. The van der Waals surface area contributed by atoms with Crippen molar-refractivity contribution < 1.29 is 0 Å². The van der Waals surface area contributed by atoms with Crippen LogP contribution in [0.15, 0.2) is 4.60 Å². The van der Waals surface area contributed by atoms with Gasteiger partial charge in [-0.15, -0.1) is 5.10 Å². The largest absolute Gasteiger partial charge is 0.320 e. The molecule has 1 fully saturated rings. The van der Waals surface area contributed by atoms with Gasteiger partial charge in [-0.05, 0) is 28.8 Å². The molecule has 0 spiro atoms. The Labute approximate surface area is 92.0 Å². The maximum atomic E-state index is 6.40. The first-order valence-corrected chi connectivity index (χ1v) is 5.77. The minimum Gasteiger partial charge on any atom is -0.320 e. The van der Waals surface area contributed by atoms with Crippen molar-refractivity contribution in [3.8, 4) is 0 Å². The van der Waals surface area contributed by atoms with E-state index in [4.69, 9.17) is 5.73 Å². The first-order chi connectivity index (χ1) is 6.63. The highest BCUT2D eigenvalue weighted by Crippen LogP contribution is 2.36. The van der Waals surface area contributed by atoms with E-state index in [1.165, 1.54) is 19.3 Å². The summed E-state index contributed by atoms with van der Waals surface area (Å²) in [5.74, 6) is 0. The summed E-state index contributed by atoms with van der Waals surface area (Å²) in [6.07, 6.45) is 5.77. The second-order valence-electron chi connectivity index (χ2n) is 4.07. The van der Waals surface area contributed by atoms with Crippen LogP contribution in [0.1, 0.15) is 37.8 Å². The summed E-state index contributed by atoms with van der Waals surface area (Å²) in [6, 6.07) is 0. The molecule has 0 amide bonds. The van der Waals surface area contributed by atoms with Crippen LogP contribution >= 0.6 is 15.9 Å². The summed E-state index contributed by atoms with van der Waals surface area (Å²) >= 11 is 3.41. The van der Waals surface area contributed by atoms with Crippen LogP contribution in [-0.2, 0) is 12.6 Å². The minimum absolute atomic E-state index is 0.227.